The molecule has 0 amide bonds. The van der Waals surface area contributed by atoms with Crippen molar-refractivity contribution in [3.63, 3.8) is 0 Å². The van der Waals surface area contributed by atoms with E-state index in [0.29, 0.717) is 33.2 Å². The fraction of sp³-hybridized carbons (Fsp3) is 0.583. The van der Waals surface area contributed by atoms with Crippen LogP contribution in [0.4, 0.5) is 5.13 Å². The van der Waals surface area contributed by atoms with Gasteiger partial charge in [-0.1, -0.05) is 19.0 Å². The van der Waals surface area contributed by atoms with Gasteiger partial charge in [0.2, 0.25) is 5.89 Å². The molecule has 2 aromatic heterocycles. The maximum absolute atomic E-state index is 5.62. The molecule has 20 heavy (non-hydrogen) atoms. The van der Waals surface area contributed by atoms with Crippen LogP contribution in [0.1, 0.15) is 36.5 Å². The first-order valence-corrected chi connectivity index (χ1v) is 9.28. The van der Waals surface area contributed by atoms with E-state index in [9.17, 15) is 0 Å². The van der Waals surface area contributed by atoms with E-state index in [1.807, 2.05) is 28.9 Å². The van der Waals surface area contributed by atoms with Crippen LogP contribution in [0.5, 0.6) is 0 Å². The summed E-state index contributed by atoms with van der Waals surface area (Å²) in [4.78, 5) is 8.72. The number of rotatable bonds is 3. The zero-order chi connectivity index (χ0) is 14.1. The van der Waals surface area contributed by atoms with Crippen LogP contribution in [0.25, 0.3) is 0 Å². The molecule has 3 atom stereocenters. The van der Waals surface area contributed by atoms with Crippen molar-refractivity contribution in [2.75, 3.05) is 11.5 Å². The Kier molecular flexibility index (Phi) is 4.23. The Balaban J connectivity index is 1.67. The predicted octanol–water partition coefficient (Wildman–Crippen LogP) is 3.00. The molecule has 1 fully saturated rings. The molecule has 108 valence electrons. The van der Waals surface area contributed by atoms with Crippen molar-refractivity contribution in [3.05, 3.63) is 22.8 Å². The van der Waals surface area contributed by atoms with Crippen LogP contribution in [0.2, 0.25) is 0 Å². The van der Waals surface area contributed by atoms with Gasteiger partial charge in [-0.3, -0.25) is 0 Å². The monoisotopic (exact) mass is 328 g/mol. The second-order valence-electron chi connectivity index (χ2n) is 4.77. The second kappa shape index (κ2) is 5.95. The highest BCUT2D eigenvalue weighted by Crippen LogP contribution is 2.43. The lowest BCUT2D eigenvalue weighted by Gasteiger charge is -2.29. The third-order valence-electron chi connectivity index (χ3n) is 3.22. The number of hydrogen-bond donors (Lipinski definition) is 1. The summed E-state index contributed by atoms with van der Waals surface area (Å²) in [6, 6.07) is 0. The van der Waals surface area contributed by atoms with Crippen LogP contribution < -0.4 is 5.73 Å². The van der Waals surface area contributed by atoms with Gasteiger partial charge < -0.3 is 10.3 Å². The molecule has 0 spiro atoms. The van der Waals surface area contributed by atoms with Gasteiger partial charge in [-0.05, 0) is 0 Å². The maximum atomic E-state index is 5.62. The van der Waals surface area contributed by atoms with Gasteiger partial charge in [0.1, 0.15) is 0 Å². The number of nitrogens with two attached hydrogens (primary N) is 1. The van der Waals surface area contributed by atoms with Crippen molar-refractivity contribution in [3.8, 4) is 0 Å². The van der Waals surface area contributed by atoms with E-state index in [-0.39, 0.29) is 0 Å². The molecule has 3 heterocycles. The fourth-order valence-corrected chi connectivity index (χ4v) is 5.34. The van der Waals surface area contributed by atoms with Crippen LogP contribution >= 0.6 is 34.9 Å². The summed E-state index contributed by atoms with van der Waals surface area (Å²) < 4.78 is 5.33. The minimum absolute atomic E-state index is 0.323. The van der Waals surface area contributed by atoms with Gasteiger partial charge in [-0.2, -0.15) is 16.7 Å². The molecule has 5 nitrogen and oxygen atoms in total. The van der Waals surface area contributed by atoms with Crippen molar-refractivity contribution < 1.29 is 4.52 Å². The predicted molar refractivity (Wildman–Crippen MR) is 85.3 cm³/mol. The maximum Gasteiger partial charge on any atom is 0.232 e. The summed E-state index contributed by atoms with van der Waals surface area (Å²) in [5, 5.41) is 8.24. The minimum Gasteiger partial charge on any atom is -0.375 e. The van der Waals surface area contributed by atoms with Crippen LogP contribution in [-0.4, -0.2) is 31.4 Å². The Labute approximate surface area is 130 Å². The van der Waals surface area contributed by atoms with Crippen LogP contribution in [-0.2, 0) is 6.42 Å². The molecule has 3 unspecified atom stereocenters. The minimum atomic E-state index is 0.323. The van der Waals surface area contributed by atoms with Crippen molar-refractivity contribution in [2.24, 2.45) is 0 Å². The molecule has 0 aliphatic carbocycles. The van der Waals surface area contributed by atoms with E-state index in [1.54, 1.807) is 0 Å². The smallest absolute Gasteiger partial charge is 0.232 e. The van der Waals surface area contributed by atoms with Crippen molar-refractivity contribution in [1.82, 2.24) is 15.1 Å². The number of anilines is 1. The molecule has 0 saturated carbocycles. The van der Waals surface area contributed by atoms with Gasteiger partial charge in [0.25, 0.3) is 0 Å². The summed E-state index contributed by atoms with van der Waals surface area (Å²) in [5.41, 5.74) is 6.50. The lowest BCUT2D eigenvalue weighted by molar-refractivity contribution is 0.379. The molecule has 2 N–H and O–H groups in total. The molecular formula is C12H16N4OS3. The summed E-state index contributed by atoms with van der Waals surface area (Å²) in [6.45, 7) is 4.53. The van der Waals surface area contributed by atoms with Gasteiger partial charge in [0, 0.05) is 21.6 Å². The number of nitrogen functional groups attached to an aromatic ring is 1. The number of thioether (sulfide) groups is 2. The van der Waals surface area contributed by atoms with E-state index in [2.05, 4.69) is 29.0 Å². The van der Waals surface area contributed by atoms with Crippen molar-refractivity contribution >= 4 is 40.0 Å². The summed E-state index contributed by atoms with van der Waals surface area (Å²) in [5.74, 6) is 2.46. The zero-order valence-electron chi connectivity index (χ0n) is 11.3. The average molecular weight is 328 g/mol. The molecule has 2 aromatic rings. The average Bonchev–Trinajstić information content (AvgIpc) is 3.03. The molecular weight excluding hydrogens is 312 g/mol. The Morgan fingerprint density at radius 2 is 2.20 bits per heavy atom. The first-order chi connectivity index (χ1) is 9.61. The molecule has 0 aromatic carbocycles. The molecule has 1 saturated heterocycles. The van der Waals surface area contributed by atoms with E-state index in [4.69, 9.17) is 10.3 Å². The highest BCUT2D eigenvalue weighted by atomic mass is 32.2. The SMILES string of the molecule is CC1SCC(c2noc(Cc3csc(N)n3)n2)SC1C. The van der Waals surface area contributed by atoms with Crippen LogP contribution in [0.3, 0.4) is 0 Å². The first-order valence-electron chi connectivity index (χ1n) is 6.41. The Morgan fingerprint density at radius 1 is 1.35 bits per heavy atom. The van der Waals surface area contributed by atoms with Gasteiger partial charge in [-0.15, -0.1) is 23.1 Å². The molecule has 0 bridgehead atoms. The lowest BCUT2D eigenvalue weighted by Crippen LogP contribution is -2.22. The number of thiazole rings is 1. The number of hydrogen-bond acceptors (Lipinski definition) is 8. The fourth-order valence-electron chi connectivity index (χ4n) is 1.95. The third-order valence-corrected chi connectivity index (χ3v) is 7.33. The largest absolute Gasteiger partial charge is 0.375 e. The van der Waals surface area contributed by atoms with E-state index in [1.165, 1.54) is 11.3 Å². The van der Waals surface area contributed by atoms with Gasteiger partial charge in [-0.25, -0.2) is 4.98 Å². The molecule has 8 heteroatoms. The zero-order valence-corrected chi connectivity index (χ0v) is 13.7. The number of aromatic nitrogens is 3. The van der Waals surface area contributed by atoms with Crippen LogP contribution in [0, 0.1) is 0 Å². The topological polar surface area (TPSA) is 77.8 Å². The number of nitrogens with zero attached hydrogens (tertiary/aromatic N) is 3. The standard InChI is InChI=1S/C12H16N4OS3/c1-6-7(2)20-9(5-18-6)11-15-10(17-16-11)3-8-4-19-12(13)14-8/h4,6-7,9H,3,5H2,1-2H3,(H2,13,14). The van der Waals surface area contributed by atoms with E-state index in [0.717, 1.165) is 17.3 Å². The Morgan fingerprint density at radius 3 is 2.90 bits per heavy atom. The van der Waals surface area contributed by atoms with Crippen LogP contribution in [0.15, 0.2) is 9.90 Å². The third kappa shape index (κ3) is 3.12. The molecule has 0 radical (unpaired) electrons. The lowest BCUT2D eigenvalue weighted by atomic mass is 10.3. The van der Waals surface area contributed by atoms with Crippen molar-refractivity contribution in [1.29, 1.82) is 0 Å². The highest BCUT2D eigenvalue weighted by Gasteiger charge is 2.29. The van der Waals surface area contributed by atoms with E-state index >= 15 is 0 Å². The molecule has 1 aliphatic rings. The molecule has 3 rings (SSSR count). The first kappa shape index (κ1) is 14.2. The quantitative estimate of drug-likeness (QED) is 0.928. The summed E-state index contributed by atoms with van der Waals surface area (Å²) >= 11 is 5.34. The van der Waals surface area contributed by atoms with Gasteiger partial charge in [0.15, 0.2) is 11.0 Å². The normalized spacial score (nSPS) is 26.8. The van der Waals surface area contributed by atoms with Gasteiger partial charge >= 0.3 is 0 Å². The Bertz CT molecular complexity index is 585. The van der Waals surface area contributed by atoms with E-state index < -0.39 is 0 Å². The second-order valence-corrected chi connectivity index (χ2v) is 8.65. The Hall–Kier alpha value is -0.730. The molecule has 1 aliphatic heterocycles. The van der Waals surface area contributed by atoms with Gasteiger partial charge in [0.05, 0.1) is 17.4 Å². The summed E-state index contributed by atoms with van der Waals surface area (Å²) in [6.07, 6.45) is 0.553. The van der Waals surface area contributed by atoms with Crippen molar-refractivity contribution in [2.45, 2.75) is 36.0 Å². The summed E-state index contributed by atoms with van der Waals surface area (Å²) in [7, 11) is 0. The highest BCUT2D eigenvalue weighted by molar-refractivity contribution is 8.07.